The van der Waals surface area contributed by atoms with Gasteiger partial charge in [-0.15, -0.1) is 65.2 Å². The van der Waals surface area contributed by atoms with Gasteiger partial charge in [0.15, 0.2) is 0 Å². The van der Waals surface area contributed by atoms with E-state index in [1.54, 1.807) is 6.07 Å². The smallest absolute Gasteiger partial charge is 0.143 e. The first-order valence-corrected chi connectivity index (χ1v) is 53.1. The second-order valence-corrected chi connectivity index (χ2v) is 54.8. The van der Waals surface area contributed by atoms with Gasteiger partial charge in [0.05, 0.1) is 33.0 Å². The fourth-order valence-electron chi connectivity index (χ4n) is 15.9. The fraction of sp³-hybridized carbons (Fsp3) is 0.220. The molecule has 0 aliphatic carbocycles. The van der Waals surface area contributed by atoms with E-state index in [9.17, 15) is 4.39 Å². The van der Waals surface area contributed by atoms with Gasteiger partial charge < -0.3 is 23.8 Å². The molecule has 0 N–H and O–H groups in total. The molecule has 0 aliphatic rings. The third-order valence-corrected chi connectivity index (χ3v) is 39.5. The van der Waals surface area contributed by atoms with Crippen LogP contribution in [0.3, 0.4) is 0 Å². The molecule has 0 fully saturated rings. The molecule has 8 aromatic carbocycles. The molecule has 10 aromatic heterocycles. The molecule has 18 rings (SSSR count). The van der Waals surface area contributed by atoms with Crippen molar-refractivity contribution in [2.24, 2.45) is 5.92 Å². The summed E-state index contributed by atoms with van der Waals surface area (Å²) in [6, 6.07) is 82.1. The summed E-state index contributed by atoms with van der Waals surface area (Å²) in [4.78, 5) is 28.5. The first kappa shape index (κ1) is 84.4. The Balaban J connectivity index is 0.000000135. The number of thiophene rings is 1. The Labute approximate surface area is 716 Å². The molecule has 10 heterocycles. The van der Waals surface area contributed by atoms with Crippen LogP contribution in [-0.4, -0.2) is 59.3 Å². The van der Waals surface area contributed by atoms with Gasteiger partial charge in [-0.25, -0.2) is 4.39 Å². The summed E-state index contributed by atoms with van der Waals surface area (Å²) in [5, 5.41) is 15.5. The molecule has 0 saturated heterocycles. The molecule has 18 aromatic rings. The predicted molar refractivity (Wildman–Crippen MR) is 483 cm³/mol. The Morgan fingerprint density at radius 1 is 0.491 bits per heavy atom. The van der Waals surface area contributed by atoms with Crippen molar-refractivity contribution in [1.82, 2.24) is 29.9 Å². The van der Waals surface area contributed by atoms with E-state index in [-0.39, 0.29) is 57.9 Å². The van der Waals surface area contributed by atoms with Crippen molar-refractivity contribution in [3.05, 3.63) is 307 Å². The normalized spacial score (nSPS) is 12.3. The van der Waals surface area contributed by atoms with Crippen LogP contribution in [0.5, 0.6) is 0 Å². The zero-order valence-corrected chi connectivity index (χ0v) is 78.1. The molecule has 116 heavy (non-hydrogen) atoms. The van der Waals surface area contributed by atoms with E-state index in [0.29, 0.717) is 22.8 Å². The Morgan fingerprint density at radius 3 is 1.76 bits per heavy atom. The molecule has 2 radical (unpaired) electrons. The fourth-order valence-corrected chi connectivity index (χ4v) is 26.6. The number of aromatic nitrogens is 6. The van der Waals surface area contributed by atoms with Crippen LogP contribution >= 0.6 is 11.3 Å². The van der Waals surface area contributed by atoms with Crippen molar-refractivity contribution < 1.29 is 57.9 Å². The molecule has 0 amide bonds. The van der Waals surface area contributed by atoms with E-state index in [2.05, 4.69) is 298 Å². The summed E-state index contributed by atoms with van der Waals surface area (Å²) in [5.41, 5.74) is 20.2. The van der Waals surface area contributed by atoms with Gasteiger partial charge >= 0.3 is 205 Å². The molecular formula is C100H95FGeIr2N6O3SSi2-4. The SMILES string of the molecule is C[CH2][Ge]([CH2]C)([CH2]C)[c]1ccc(-c2[c-]nc3oc4ccccc4c3c2C(C)c2ccccc2)nc1.C[Si](C)(C)c1ccc(-c2[c-]ccc3c2oc2cc(F)ccc23)nc1.Cc1c[c-]c(-c2ccc([Si](C)(C)C)cn2)c2sc3ccccc3c12.Cc1cc2c(oc3c[c-]c(-c4cc(CC(C)C)ccn4)cc32)c(C(C)c2ccccc2)n1.[Ir].[Ir]. The van der Waals surface area contributed by atoms with Gasteiger partial charge in [-0.05, 0) is 92.7 Å². The average Bonchev–Trinajstić information content (AvgIpc) is 1.51. The Bertz CT molecular complexity index is 6490. The molecule has 590 valence electrons. The van der Waals surface area contributed by atoms with Crippen LogP contribution in [0.4, 0.5) is 4.39 Å². The average molecular weight is 1990 g/mol. The number of halogens is 1. The Kier molecular flexibility index (Phi) is 26.0. The second kappa shape index (κ2) is 35.7. The maximum Gasteiger partial charge on any atom is 0.143 e. The van der Waals surface area contributed by atoms with E-state index in [0.717, 1.165) is 112 Å². The van der Waals surface area contributed by atoms with Crippen LogP contribution in [0.1, 0.15) is 99.5 Å². The van der Waals surface area contributed by atoms with Gasteiger partial charge in [-0.1, -0.05) is 173 Å². The molecule has 2 unspecified atom stereocenters. The molecule has 0 aliphatic heterocycles. The van der Waals surface area contributed by atoms with Gasteiger partial charge in [-0.2, -0.15) is 11.3 Å². The molecule has 2 atom stereocenters. The predicted octanol–water partition coefficient (Wildman–Crippen LogP) is 26.1. The molecule has 0 saturated carbocycles. The first-order valence-electron chi connectivity index (χ1n) is 39.8. The van der Waals surface area contributed by atoms with Gasteiger partial charge in [-0.3, -0.25) is 4.98 Å². The minimum Gasteiger partial charge on any atom is -0.500 e. The summed E-state index contributed by atoms with van der Waals surface area (Å²) < 4.78 is 36.0. The third-order valence-electron chi connectivity index (χ3n) is 22.6. The number of benzene rings is 8. The number of fused-ring (bicyclic) bond motifs is 12. The summed E-state index contributed by atoms with van der Waals surface area (Å²) >= 11 is -0.213. The monoisotopic (exact) mass is 1990 g/mol. The van der Waals surface area contributed by atoms with Crippen molar-refractivity contribution >= 4 is 142 Å². The van der Waals surface area contributed by atoms with E-state index in [1.807, 2.05) is 73.1 Å². The number of hydrogen-bond acceptors (Lipinski definition) is 10. The summed E-state index contributed by atoms with van der Waals surface area (Å²) in [6.45, 7) is 34.1. The molecule has 16 heteroatoms. The van der Waals surface area contributed by atoms with Crippen LogP contribution in [-0.2, 0) is 46.6 Å². The first-order chi connectivity index (χ1) is 55.0. The number of hydrogen-bond donors (Lipinski definition) is 0. The number of para-hydroxylation sites is 1. The van der Waals surface area contributed by atoms with Gasteiger partial charge in [0, 0.05) is 92.0 Å². The minimum atomic E-state index is -2.06. The molecule has 0 spiro atoms. The van der Waals surface area contributed by atoms with Crippen LogP contribution in [0.25, 0.3) is 131 Å². The number of aryl methyl sites for hydroxylation is 2. The van der Waals surface area contributed by atoms with Crippen LogP contribution in [0.2, 0.25) is 55.0 Å². The third kappa shape index (κ3) is 17.4. The van der Waals surface area contributed by atoms with E-state index < -0.39 is 29.4 Å². The number of nitrogens with zero attached hydrogens (tertiary/aromatic N) is 6. The van der Waals surface area contributed by atoms with Crippen molar-refractivity contribution in [2.45, 2.75) is 136 Å². The Hall–Kier alpha value is -9.51. The quantitative estimate of drug-likeness (QED) is 0.0688. The zero-order valence-electron chi connectivity index (χ0n) is 68.4. The standard InChI is InChI=1S/C30H31GeN2O.C29H27N2O.C21H20NSSi.C20H17FNOSi.2Ir/c1-5-31(6-2,7-3)23-17-18-26(32-19-23)25-20-33-30-29(24-15-11-12-16-27(24)34-30)28(25)21(4)22-13-9-8-10-14-22;1-18(2)14-21-12-13-30-26(16-21)23-10-11-27-24(17-23)25-15-19(3)31-28(29(25)32-27)20(4)22-8-6-5-7-9-22;1-14-9-11-16(18-12-10-15(13-22-18)24(2,3)4)21-20(14)17-7-5-6-8-19(17)23-21;1-24(2,3)14-8-10-18(22-12-14)17-6-4-5-16-15-9-7-13(21)11-19(15)23-20(16)17;;/h8-19,21H,5-7H2,1-4H3;5-9,11-13,15-18,20H,14H2,1-4H3;5-10,12-13H,1-4H3;4-5,7-12H,1-3H3;;/q4*-1;;. The topological polar surface area (TPSA) is 117 Å². The van der Waals surface area contributed by atoms with Crippen LogP contribution in [0.15, 0.2) is 250 Å². The zero-order chi connectivity index (χ0) is 79.7. The largest absolute Gasteiger partial charge is 0.500 e. The van der Waals surface area contributed by atoms with Crippen LogP contribution in [0, 0.1) is 50.0 Å². The maximum atomic E-state index is 13.5. The van der Waals surface area contributed by atoms with Gasteiger partial charge in [0.1, 0.15) is 17.0 Å². The summed E-state index contributed by atoms with van der Waals surface area (Å²) in [6.07, 6.45) is 12.4. The van der Waals surface area contributed by atoms with Gasteiger partial charge in [0.2, 0.25) is 0 Å². The maximum absolute atomic E-state index is 13.5. The van der Waals surface area contributed by atoms with Crippen molar-refractivity contribution in [3.8, 4) is 45.0 Å². The summed E-state index contributed by atoms with van der Waals surface area (Å²) in [5.74, 6) is 0.579. The number of pyridine rings is 6. The minimum absolute atomic E-state index is 0. The molecule has 9 nitrogen and oxygen atoms in total. The number of furan rings is 3. The van der Waals surface area contributed by atoms with Crippen LogP contribution < -0.4 is 14.8 Å². The molecule has 0 bridgehead atoms. The summed E-state index contributed by atoms with van der Waals surface area (Å²) in [7, 11) is -2.70. The van der Waals surface area contributed by atoms with Gasteiger partial charge in [0.25, 0.3) is 0 Å². The van der Waals surface area contributed by atoms with E-state index in [4.69, 9.17) is 28.2 Å². The van der Waals surface area contributed by atoms with E-state index >= 15 is 0 Å². The second-order valence-electron chi connectivity index (χ2n) is 32.6. The Morgan fingerprint density at radius 2 is 1.11 bits per heavy atom. The van der Waals surface area contributed by atoms with Crippen molar-refractivity contribution in [3.63, 3.8) is 0 Å². The van der Waals surface area contributed by atoms with Crippen molar-refractivity contribution in [1.29, 1.82) is 0 Å². The number of rotatable bonds is 16. The van der Waals surface area contributed by atoms with E-state index in [1.165, 1.54) is 90.7 Å². The molecular weight excluding hydrogens is 1900 g/mol. The van der Waals surface area contributed by atoms with Crippen molar-refractivity contribution in [2.75, 3.05) is 0 Å².